The molecule has 3 rings (SSSR count). The van der Waals surface area contributed by atoms with Gasteiger partial charge in [-0.25, -0.2) is 4.98 Å². The molecule has 1 aromatic heterocycles. The molecule has 0 bridgehead atoms. The third-order valence-corrected chi connectivity index (χ3v) is 4.56. The molecule has 28 heavy (non-hydrogen) atoms. The van der Waals surface area contributed by atoms with E-state index in [1.807, 2.05) is 0 Å². The minimum absolute atomic E-state index is 0.0132. The van der Waals surface area contributed by atoms with Gasteiger partial charge in [0.05, 0.1) is 29.4 Å². The second-order valence-electron chi connectivity index (χ2n) is 6.09. The number of benzene rings is 1. The van der Waals surface area contributed by atoms with Crippen LogP contribution in [0.1, 0.15) is 12.1 Å². The standard InChI is InChI=1S/C18H15ClF3N3O3/c1-28-14-7-6-12(16(24-14)18(20,21)22)23-17(27)10-8-15(26)25(9-10)13-5-3-2-4-11(13)19/h2-7,10H,8-9H2,1H3,(H,23,27)/t10-/m1/s1. The van der Waals surface area contributed by atoms with Crippen LogP contribution in [-0.2, 0) is 15.8 Å². The van der Waals surface area contributed by atoms with Gasteiger partial charge in [-0.3, -0.25) is 9.59 Å². The van der Waals surface area contributed by atoms with Gasteiger partial charge in [-0.1, -0.05) is 23.7 Å². The zero-order chi connectivity index (χ0) is 20.5. The molecule has 0 unspecified atom stereocenters. The van der Waals surface area contributed by atoms with E-state index < -0.39 is 29.4 Å². The SMILES string of the molecule is COc1ccc(NC(=O)[C@@H]2CC(=O)N(c3ccccc3Cl)C2)c(C(F)(F)F)n1. The number of hydrogen-bond donors (Lipinski definition) is 1. The van der Waals surface area contributed by atoms with Gasteiger partial charge in [-0.2, -0.15) is 13.2 Å². The highest BCUT2D eigenvalue weighted by atomic mass is 35.5. The average molecular weight is 414 g/mol. The number of carbonyl (C=O) groups excluding carboxylic acids is 2. The van der Waals surface area contributed by atoms with Crippen LogP contribution in [0.15, 0.2) is 36.4 Å². The molecule has 2 amide bonds. The van der Waals surface area contributed by atoms with Crippen molar-refractivity contribution in [3.8, 4) is 5.88 Å². The van der Waals surface area contributed by atoms with Crippen LogP contribution in [0, 0.1) is 5.92 Å². The largest absolute Gasteiger partial charge is 0.481 e. The predicted molar refractivity (Wildman–Crippen MR) is 96.3 cm³/mol. The van der Waals surface area contributed by atoms with Crippen molar-refractivity contribution in [1.29, 1.82) is 0 Å². The van der Waals surface area contributed by atoms with E-state index in [0.717, 1.165) is 6.07 Å². The number of rotatable bonds is 4. The Kier molecular flexibility index (Phi) is 5.46. The van der Waals surface area contributed by atoms with E-state index in [9.17, 15) is 22.8 Å². The first-order valence-electron chi connectivity index (χ1n) is 8.18. The topological polar surface area (TPSA) is 71.5 Å². The minimum Gasteiger partial charge on any atom is -0.481 e. The number of carbonyl (C=O) groups is 2. The number of hydrogen-bond acceptors (Lipinski definition) is 4. The molecule has 0 aliphatic carbocycles. The number of alkyl halides is 3. The van der Waals surface area contributed by atoms with Gasteiger partial charge >= 0.3 is 6.18 Å². The lowest BCUT2D eigenvalue weighted by molar-refractivity contribution is -0.140. The molecule has 1 aliphatic heterocycles. The van der Waals surface area contributed by atoms with Gasteiger partial charge in [0.15, 0.2) is 5.69 Å². The Bertz CT molecular complexity index is 920. The Labute approximate surface area is 163 Å². The first kappa shape index (κ1) is 19.9. The Hall–Kier alpha value is -2.81. The average Bonchev–Trinajstić information content (AvgIpc) is 3.03. The Morgan fingerprint density at radius 1 is 1.29 bits per heavy atom. The predicted octanol–water partition coefficient (Wildman–Crippen LogP) is 3.75. The normalized spacial score (nSPS) is 17.0. The first-order chi connectivity index (χ1) is 13.2. The van der Waals surface area contributed by atoms with E-state index in [1.165, 1.54) is 18.1 Å². The van der Waals surface area contributed by atoms with Crippen LogP contribution < -0.4 is 15.0 Å². The van der Waals surface area contributed by atoms with Crippen molar-refractivity contribution in [2.75, 3.05) is 23.9 Å². The van der Waals surface area contributed by atoms with E-state index >= 15 is 0 Å². The van der Waals surface area contributed by atoms with Crippen LogP contribution in [0.25, 0.3) is 0 Å². The van der Waals surface area contributed by atoms with E-state index in [0.29, 0.717) is 10.7 Å². The second-order valence-corrected chi connectivity index (χ2v) is 6.50. The van der Waals surface area contributed by atoms with Crippen molar-refractivity contribution in [3.05, 3.63) is 47.1 Å². The monoisotopic (exact) mass is 413 g/mol. The van der Waals surface area contributed by atoms with Crippen LogP contribution in [0.2, 0.25) is 5.02 Å². The van der Waals surface area contributed by atoms with Gasteiger partial charge in [0.25, 0.3) is 0 Å². The zero-order valence-corrected chi connectivity index (χ0v) is 15.3. The number of anilines is 2. The summed E-state index contributed by atoms with van der Waals surface area (Å²) >= 11 is 6.09. The number of methoxy groups -OCH3 is 1. The summed E-state index contributed by atoms with van der Waals surface area (Å²) in [5.74, 6) is -2.10. The molecule has 148 valence electrons. The summed E-state index contributed by atoms with van der Waals surface area (Å²) in [5.41, 5.74) is -1.32. The van der Waals surface area contributed by atoms with Gasteiger partial charge in [-0.05, 0) is 18.2 Å². The Morgan fingerprint density at radius 3 is 2.64 bits per heavy atom. The van der Waals surface area contributed by atoms with Gasteiger partial charge in [0, 0.05) is 19.0 Å². The quantitative estimate of drug-likeness (QED) is 0.828. The molecule has 1 aromatic carbocycles. The molecule has 1 atom stereocenters. The molecule has 10 heteroatoms. The molecule has 2 heterocycles. The zero-order valence-electron chi connectivity index (χ0n) is 14.6. The Morgan fingerprint density at radius 2 is 2.00 bits per heavy atom. The van der Waals surface area contributed by atoms with Gasteiger partial charge in [-0.15, -0.1) is 0 Å². The van der Waals surface area contributed by atoms with Crippen molar-refractivity contribution in [1.82, 2.24) is 4.98 Å². The van der Waals surface area contributed by atoms with Crippen molar-refractivity contribution in [3.63, 3.8) is 0 Å². The van der Waals surface area contributed by atoms with Crippen molar-refractivity contribution in [2.24, 2.45) is 5.92 Å². The summed E-state index contributed by atoms with van der Waals surface area (Å²) in [5, 5.41) is 2.57. The molecular formula is C18H15ClF3N3O3. The maximum Gasteiger partial charge on any atom is 0.435 e. The second kappa shape index (κ2) is 7.67. The third kappa shape index (κ3) is 4.04. The molecule has 0 saturated carbocycles. The van der Waals surface area contributed by atoms with Crippen LogP contribution in [-0.4, -0.2) is 30.5 Å². The summed E-state index contributed by atoms with van der Waals surface area (Å²) in [6.45, 7) is 0.0132. The van der Waals surface area contributed by atoms with E-state index in [2.05, 4.69) is 10.3 Å². The van der Waals surface area contributed by atoms with Crippen LogP contribution in [0.4, 0.5) is 24.5 Å². The summed E-state index contributed by atoms with van der Waals surface area (Å²) in [6, 6.07) is 8.91. The molecule has 0 radical (unpaired) electrons. The molecule has 1 saturated heterocycles. The number of halogens is 4. The van der Waals surface area contributed by atoms with E-state index in [1.54, 1.807) is 24.3 Å². The summed E-state index contributed by atoms with van der Waals surface area (Å²) < 4.78 is 44.4. The maximum absolute atomic E-state index is 13.2. The molecule has 2 aromatic rings. The third-order valence-electron chi connectivity index (χ3n) is 4.24. The minimum atomic E-state index is -4.79. The van der Waals surface area contributed by atoms with Crippen molar-refractivity contribution < 1.29 is 27.5 Å². The number of ether oxygens (including phenoxy) is 1. The molecular weight excluding hydrogens is 399 g/mol. The summed E-state index contributed by atoms with van der Waals surface area (Å²) in [4.78, 5) is 29.5. The molecule has 1 fully saturated rings. The molecule has 0 spiro atoms. The van der Waals surface area contributed by atoms with Crippen molar-refractivity contribution >= 4 is 34.8 Å². The molecule has 6 nitrogen and oxygen atoms in total. The van der Waals surface area contributed by atoms with Crippen LogP contribution in [0.5, 0.6) is 5.88 Å². The lowest BCUT2D eigenvalue weighted by Crippen LogP contribution is -2.29. The fourth-order valence-electron chi connectivity index (χ4n) is 2.89. The van der Waals surface area contributed by atoms with E-state index in [4.69, 9.17) is 16.3 Å². The van der Waals surface area contributed by atoms with Crippen LogP contribution >= 0.6 is 11.6 Å². The highest BCUT2D eigenvalue weighted by Gasteiger charge is 2.39. The highest BCUT2D eigenvalue weighted by Crippen LogP contribution is 2.36. The van der Waals surface area contributed by atoms with Crippen LogP contribution in [0.3, 0.4) is 0 Å². The Balaban J connectivity index is 1.79. The molecule has 1 aliphatic rings. The maximum atomic E-state index is 13.2. The number of pyridine rings is 1. The number of nitrogens with zero attached hydrogens (tertiary/aromatic N) is 2. The first-order valence-corrected chi connectivity index (χ1v) is 8.56. The fourth-order valence-corrected chi connectivity index (χ4v) is 3.13. The molecule has 1 N–H and O–H groups in total. The number of amides is 2. The fraction of sp³-hybridized carbons (Fsp3) is 0.278. The lowest BCUT2D eigenvalue weighted by Gasteiger charge is -2.18. The number of aromatic nitrogens is 1. The van der Waals surface area contributed by atoms with Crippen molar-refractivity contribution in [2.45, 2.75) is 12.6 Å². The van der Waals surface area contributed by atoms with E-state index in [-0.39, 0.29) is 24.8 Å². The van der Waals surface area contributed by atoms with Gasteiger partial charge in [0.2, 0.25) is 17.7 Å². The van der Waals surface area contributed by atoms with Gasteiger partial charge in [0.1, 0.15) is 0 Å². The lowest BCUT2D eigenvalue weighted by atomic mass is 10.1. The summed E-state index contributed by atoms with van der Waals surface area (Å²) in [6.07, 6.45) is -4.92. The highest BCUT2D eigenvalue weighted by molar-refractivity contribution is 6.33. The van der Waals surface area contributed by atoms with Gasteiger partial charge < -0.3 is 15.0 Å². The number of para-hydroxylation sites is 1. The smallest absolute Gasteiger partial charge is 0.435 e. The number of nitrogens with one attached hydrogen (secondary N) is 1. The summed E-state index contributed by atoms with van der Waals surface area (Å²) in [7, 11) is 1.19.